The topological polar surface area (TPSA) is 77.2 Å². The molecule has 26 heavy (non-hydrogen) atoms. The van der Waals surface area contributed by atoms with Gasteiger partial charge in [-0.25, -0.2) is 9.37 Å². The number of aryl methyl sites for hydroxylation is 2. The zero-order chi connectivity index (χ0) is 18.7. The molecule has 3 N–H and O–H groups in total. The highest BCUT2D eigenvalue weighted by Crippen LogP contribution is 2.25. The number of ether oxygens (including phenoxy) is 1. The Morgan fingerprint density at radius 2 is 1.81 bits per heavy atom. The molecule has 0 aliphatic rings. The standard InChI is InChI=1S/C20H18FN3O2/c1-12-11-16(19(22)23-13(12)2)20(25)24-14-7-9-15(10-8-14)26-18-6-4-3-5-17(18)21/h3-11H,1-2H3,(H2,22,23)(H,24,25). The summed E-state index contributed by atoms with van der Waals surface area (Å²) < 4.78 is 19.1. The monoisotopic (exact) mass is 351 g/mol. The summed E-state index contributed by atoms with van der Waals surface area (Å²) in [6.07, 6.45) is 0. The number of halogens is 1. The molecule has 0 atom stereocenters. The van der Waals surface area contributed by atoms with Gasteiger partial charge >= 0.3 is 0 Å². The highest BCUT2D eigenvalue weighted by atomic mass is 19.1. The van der Waals surface area contributed by atoms with Gasteiger partial charge in [0, 0.05) is 11.4 Å². The van der Waals surface area contributed by atoms with Crippen molar-refractivity contribution in [2.24, 2.45) is 0 Å². The lowest BCUT2D eigenvalue weighted by Crippen LogP contribution is -2.15. The first kappa shape index (κ1) is 17.4. The smallest absolute Gasteiger partial charge is 0.259 e. The Labute approximate surface area is 150 Å². The molecule has 0 aliphatic carbocycles. The summed E-state index contributed by atoms with van der Waals surface area (Å²) in [5.41, 5.74) is 8.40. The summed E-state index contributed by atoms with van der Waals surface area (Å²) in [6.45, 7) is 3.70. The van der Waals surface area contributed by atoms with Crippen LogP contribution in [-0.4, -0.2) is 10.9 Å². The van der Waals surface area contributed by atoms with E-state index < -0.39 is 5.82 Å². The van der Waals surface area contributed by atoms with Crippen molar-refractivity contribution in [2.75, 3.05) is 11.1 Å². The molecule has 0 radical (unpaired) electrons. The summed E-state index contributed by atoms with van der Waals surface area (Å²) in [6, 6.07) is 14.5. The van der Waals surface area contributed by atoms with Crippen molar-refractivity contribution < 1.29 is 13.9 Å². The average Bonchev–Trinajstić information content (AvgIpc) is 2.61. The molecular weight excluding hydrogens is 333 g/mol. The van der Waals surface area contributed by atoms with Crippen LogP contribution in [0.3, 0.4) is 0 Å². The van der Waals surface area contributed by atoms with E-state index in [0.29, 0.717) is 17.0 Å². The van der Waals surface area contributed by atoms with E-state index in [1.54, 1.807) is 48.5 Å². The lowest BCUT2D eigenvalue weighted by atomic mass is 10.1. The van der Waals surface area contributed by atoms with E-state index in [2.05, 4.69) is 10.3 Å². The summed E-state index contributed by atoms with van der Waals surface area (Å²) >= 11 is 0. The predicted octanol–water partition coefficient (Wildman–Crippen LogP) is 4.46. The molecule has 0 fully saturated rings. The summed E-state index contributed by atoms with van der Waals surface area (Å²) in [5.74, 6) is -0.00713. The second-order valence-corrected chi connectivity index (χ2v) is 5.83. The quantitative estimate of drug-likeness (QED) is 0.727. The Hall–Kier alpha value is -3.41. The Morgan fingerprint density at radius 1 is 1.12 bits per heavy atom. The van der Waals surface area contributed by atoms with Crippen molar-refractivity contribution in [2.45, 2.75) is 13.8 Å². The number of hydrogen-bond acceptors (Lipinski definition) is 4. The predicted molar refractivity (Wildman–Crippen MR) is 99.0 cm³/mol. The van der Waals surface area contributed by atoms with Crippen molar-refractivity contribution in [1.29, 1.82) is 0 Å². The van der Waals surface area contributed by atoms with Crippen molar-refractivity contribution in [3.63, 3.8) is 0 Å². The molecule has 2 aromatic carbocycles. The van der Waals surface area contributed by atoms with E-state index in [0.717, 1.165) is 11.3 Å². The zero-order valence-corrected chi connectivity index (χ0v) is 14.4. The maximum atomic E-state index is 13.6. The van der Waals surface area contributed by atoms with Crippen molar-refractivity contribution in [3.8, 4) is 11.5 Å². The number of aromatic nitrogens is 1. The summed E-state index contributed by atoms with van der Waals surface area (Å²) in [5, 5.41) is 2.76. The Kier molecular flexibility index (Phi) is 4.84. The van der Waals surface area contributed by atoms with Gasteiger partial charge in [0.15, 0.2) is 11.6 Å². The summed E-state index contributed by atoms with van der Waals surface area (Å²) in [7, 11) is 0. The second kappa shape index (κ2) is 7.23. The number of carbonyl (C=O) groups is 1. The molecular formula is C20H18FN3O2. The number of pyridine rings is 1. The van der Waals surface area contributed by atoms with Crippen LogP contribution in [0.2, 0.25) is 0 Å². The van der Waals surface area contributed by atoms with Crippen LogP contribution in [-0.2, 0) is 0 Å². The van der Waals surface area contributed by atoms with Gasteiger partial charge in [0.1, 0.15) is 11.6 Å². The number of carbonyl (C=O) groups excluding carboxylic acids is 1. The number of para-hydroxylation sites is 1. The van der Waals surface area contributed by atoms with Gasteiger partial charge in [-0.05, 0) is 61.9 Å². The van der Waals surface area contributed by atoms with Crippen LogP contribution in [0.25, 0.3) is 0 Å². The van der Waals surface area contributed by atoms with Crippen LogP contribution in [0.1, 0.15) is 21.6 Å². The Balaban J connectivity index is 1.72. The largest absolute Gasteiger partial charge is 0.454 e. The molecule has 0 spiro atoms. The van der Waals surface area contributed by atoms with Crippen LogP contribution < -0.4 is 15.8 Å². The molecule has 5 nitrogen and oxygen atoms in total. The fraction of sp³-hybridized carbons (Fsp3) is 0.100. The minimum absolute atomic E-state index is 0.137. The van der Waals surface area contributed by atoms with E-state index in [-0.39, 0.29) is 17.5 Å². The van der Waals surface area contributed by atoms with Gasteiger partial charge in [-0.1, -0.05) is 12.1 Å². The van der Waals surface area contributed by atoms with Crippen molar-refractivity contribution in [1.82, 2.24) is 4.98 Å². The lowest BCUT2D eigenvalue weighted by Gasteiger charge is -2.10. The molecule has 132 valence electrons. The van der Waals surface area contributed by atoms with Gasteiger partial charge in [-0.15, -0.1) is 0 Å². The SMILES string of the molecule is Cc1cc(C(=O)Nc2ccc(Oc3ccccc3F)cc2)c(N)nc1C. The number of nitrogens with two attached hydrogens (primary N) is 1. The van der Waals surface area contributed by atoms with E-state index >= 15 is 0 Å². The fourth-order valence-electron chi connectivity index (χ4n) is 2.37. The number of nitrogens with one attached hydrogen (secondary N) is 1. The third-order valence-corrected chi connectivity index (χ3v) is 3.92. The molecule has 0 saturated heterocycles. The van der Waals surface area contributed by atoms with E-state index in [1.807, 2.05) is 13.8 Å². The van der Waals surface area contributed by atoms with Crippen LogP contribution in [0.5, 0.6) is 11.5 Å². The number of nitrogen functional groups attached to an aromatic ring is 1. The Bertz CT molecular complexity index is 956. The third kappa shape index (κ3) is 3.80. The van der Waals surface area contributed by atoms with Crippen LogP contribution in [0.15, 0.2) is 54.6 Å². The molecule has 0 bridgehead atoms. The van der Waals surface area contributed by atoms with Crippen LogP contribution >= 0.6 is 0 Å². The fourth-order valence-corrected chi connectivity index (χ4v) is 2.37. The first-order chi connectivity index (χ1) is 12.4. The zero-order valence-electron chi connectivity index (χ0n) is 14.4. The number of rotatable bonds is 4. The van der Waals surface area contributed by atoms with Gasteiger partial charge in [-0.2, -0.15) is 0 Å². The lowest BCUT2D eigenvalue weighted by molar-refractivity contribution is 0.102. The minimum Gasteiger partial charge on any atom is -0.454 e. The maximum absolute atomic E-state index is 13.6. The highest BCUT2D eigenvalue weighted by molar-refractivity contribution is 6.07. The first-order valence-corrected chi connectivity index (χ1v) is 8.01. The molecule has 1 amide bonds. The number of nitrogens with zero attached hydrogens (tertiary/aromatic N) is 1. The van der Waals surface area contributed by atoms with Crippen molar-refractivity contribution >= 4 is 17.4 Å². The van der Waals surface area contributed by atoms with E-state index in [4.69, 9.17) is 10.5 Å². The molecule has 3 aromatic rings. The number of hydrogen-bond donors (Lipinski definition) is 2. The Morgan fingerprint density at radius 3 is 2.50 bits per heavy atom. The highest BCUT2D eigenvalue weighted by Gasteiger charge is 2.13. The second-order valence-electron chi connectivity index (χ2n) is 5.83. The van der Waals surface area contributed by atoms with E-state index in [9.17, 15) is 9.18 Å². The number of amides is 1. The molecule has 0 saturated carbocycles. The van der Waals surface area contributed by atoms with Gasteiger partial charge in [-0.3, -0.25) is 4.79 Å². The van der Waals surface area contributed by atoms with Crippen LogP contribution in [0, 0.1) is 19.7 Å². The number of benzene rings is 2. The molecule has 3 rings (SSSR count). The van der Waals surface area contributed by atoms with Gasteiger partial charge in [0.25, 0.3) is 5.91 Å². The number of anilines is 2. The van der Waals surface area contributed by atoms with Crippen LogP contribution in [0.4, 0.5) is 15.9 Å². The molecule has 1 heterocycles. The van der Waals surface area contributed by atoms with Gasteiger partial charge in [0.2, 0.25) is 0 Å². The first-order valence-electron chi connectivity index (χ1n) is 8.01. The average molecular weight is 351 g/mol. The van der Waals surface area contributed by atoms with Gasteiger partial charge in [0.05, 0.1) is 5.56 Å². The van der Waals surface area contributed by atoms with Gasteiger partial charge < -0.3 is 15.8 Å². The third-order valence-electron chi connectivity index (χ3n) is 3.92. The molecule has 6 heteroatoms. The van der Waals surface area contributed by atoms with E-state index in [1.165, 1.54) is 6.07 Å². The minimum atomic E-state index is -0.442. The molecule has 0 unspecified atom stereocenters. The molecule has 1 aromatic heterocycles. The maximum Gasteiger partial charge on any atom is 0.259 e. The normalized spacial score (nSPS) is 10.4. The summed E-state index contributed by atoms with van der Waals surface area (Å²) in [4.78, 5) is 16.6. The van der Waals surface area contributed by atoms with Crippen molar-refractivity contribution in [3.05, 3.63) is 77.2 Å². The molecule has 0 aliphatic heterocycles.